The van der Waals surface area contributed by atoms with Crippen molar-refractivity contribution in [3.05, 3.63) is 40.6 Å². The molecule has 42 heavy (non-hydrogen) atoms. The first-order chi connectivity index (χ1) is 19.9. The van der Waals surface area contributed by atoms with Gasteiger partial charge in [-0.1, -0.05) is 0 Å². The number of aliphatic hydroxyl groups is 6. The van der Waals surface area contributed by atoms with Crippen LogP contribution in [0.5, 0.6) is 28.7 Å². The number of hydrogen-bond acceptors (Lipinski definition) is 16. The number of phenols is 4. The minimum absolute atomic E-state index is 0.0442. The summed E-state index contributed by atoms with van der Waals surface area (Å²) in [6.45, 7) is -2.31. The van der Waals surface area contributed by atoms with Crippen LogP contribution < -0.4 is 10.2 Å². The highest BCUT2D eigenvalue weighted by atomic mass is 16.8. The number of phenolic OH excluding ortho intramolecular Hbond substituents is 4. The molecular formula is C26H28O16. The van der Waals surface area contributed by atoms with Crippen molar-refractivity contribution in [1.82, 2.24) is 0 Å². The molecule has 16 heteroatoms. The number of rotatable bonds is 7. The molecule has 3 aromatic rings. The lowest BCUT2D eigenvalue weighted by Gasteiger charge is -2.42. The van der Waals surface area contributed by atoms with Crippen molar-refractivity contribution in [1.29, 1.82) is 0 Å². The fourth-order valence-electron chi connectivity index (χ4n) is 4.71. The van der Waals surface area contributed by atoms with E-state index in [1.54, 1.807) is 0 Å². The highest BCUT2D eigenvalue weighted by Gasteiger charge is 2.53. The van der Waals surface area contributed by atoms with Gasteiger partial charge in [-0.15, -0.1) is 0 Å². The summed E-state index contributed by atoms with van der Waals surface area (Å²) >= 11 is 0. The molecule has 228 valence electrons. The molecule has 0 aliphatic carbocycles. The van der Waals surface area contributed by atoms with E-state index in [1.165, 1.54) is 6.07 Å². The Morgan fingerprint density at radius 1 is 0.929 bits per heavy atom. The van der Waals surface area contributed by atoms with E-state index in [4.69, 9.17) is 23.4 Å². The first-order valence-electron chi connectivity index (χ1n) is 12.5. The van der Waals surface area contributed by atoms with Crippen LogP contribution in [-0.4, -0.2) is 120 Å². The van der Waals surface area contributed by atoms with E-state index in [-0.39, 0.29) is 11.1 Å². The van der Waals surface area contributed by atoms with Crippen molar-refractivity contribution in [2.24, 2.45) is 0 Å². The number of benzene rings is 2. The molecule has 3 heterocycles. The SMILES string of the molecule is O=c1c(O[C@@H]2O[C@H](CO)[C@H](O)[C@H](O)[C@H]2O[C@H]2OC[C@](O)(CO)[C@H]2O)c(-c2ccc(O)c(O)c2)oc2cc(O)cc(O)c12. The van der Waals surface area contributed by atoms with Crippen LogP contribution in [-0.2, 0) is 14.2 Å². The molecule has 5 rings (SSSR count). The quantitative estimate of drug-likeness (QED) is 0.131. The van der Waals surface area contributed by atoms with Gasteiger partial charge in [0.05, 0.1) is 19.8 Å². The Bertz CT molecular complexity index is 1520. The minimum Gasteiger partial charge on any atom is -0.508 e. The standard InChI is InChI=1S/C26H28O16/c27-6-15-17(33)19(35)22(42-25-23(36)26(37,7-28)8-38-25)24(40-15)41-21-18(34)16-13(32)4-10(29)5-14(16)39-20(21)9-1-2-11(30)12(31)3-9/h1-5,15,17,19,22-25,27-33,35-37H,6-8H2/t15-,17+,19+,22-,23+,24+,25-,26-/m1/s1. The second kappa shape index (κ2) is 11.2. The Morgan fingerprint density at radius 2 is 1.67 bits per heavy atom. The molecule has 0 saturated carbocycles. The molecule has 1 aromatic heterocycles. The second-order valence-electron chi connectivity index (χ2n) is 9.94. The topological polar surface area (TPSA) is 269 Å². The van der Waals surface area contributed by atoms with Gasteiger partial charge in [0.1, 0.15) is 52.5 Å². The monoisotopic (exact) mass is 596 g/mol. The van der Waals surface area contributed by atoms with Crippen LogP contribution in [0.2, 0.25) is 0 Å². The predicted octanol–water partition coefficient (Wildman–Crippen LogP) is -2.07. The van der Waals surface area contributed by atoms with Crippen LogP contribution in [0.1, 0.15) is 0 Å². The van der Waals surface area contributed by atoms with Gasteiger partial charge in [-0.3, -0.25) is 4.79 Å². The molecule has 2 aromatic carbocycles. The Kier molecular flexibility index (Phi) is 7.92. The van der Waals surface area contributed by atoms with Gasteiger partial charge < -0.3 is 74.4 Å². The molecule has 0 amide bonds. The van der Waals surface area contributed by atoms with E-state index in [9.17, 15) is 55.9 Å². The van der Waals surface area contributed by atoms with E-state index >= 15 is 0 Å². The van der Waals surface area contributed by atoms with E-state index in [0.29, 0.717) is 0 Å². The summed E-state index contributed by atoms with van der Waals surface area (Å²) in [5, 5.41) is 101. The third-order valence-electron chi connectivity index (χ3n) is 7.08. The van der Waals surface area contributed by atoms with Gasteiger partial charge in [0.2, 0.25) is 17.5 Å². The molecule has 0 radical (unpaired) electrons. The number of fused-ring (bicyclic) bond motifs is 1. The van der Waals surface area contributed by atoms with Gasteiger partial charge in [0.25, 0.3) is 0 Å². The fraction of sp³-hybridized carbons (Fsp3) is 0.423. The van der Waals surface area contributed by atoms with Crippen molar-refractivity contribution in [2.75, 3.05) is 19.8 Å². The van der Waals surface area contributed by atoms with Crippen molar-refractivity contribution < 1.29 is 74.4 Å². The van der Waals surface area contributed by atoms with Crippen LogP contribution in [0.15, 0.2) is 39.5 Å². The van der Waals surface area contributed by atoms with Gasteiger partial charge in [0.15, 0.2) is 29.7 Å². The van der Waals surface area contributed by atoms with Crippen molar-refractivity contribution in [2.45, 2.75) is 48.7 Å². The number of hydrogen-bond donors (Lipinski definition) is 10. The summed E-state index contributed by atoms with van der Waals surface area (Å²) in [5.74, 6) is -3.39. The lowest BCUT2D eigenvalue weighted by molar-refractivity contribution is -0.319. The maximum absolute atomic E-state index is 13.7. The minimum atomic E-state index is -2.12. The normalized spacial score (nSPS) is 31.4. The molecule has 0 unspecified atom stereocenters. The largest absolute Gasteiger partial charge is 0.508 e. The Balaban J connectivity index is 1.62. The molecule has 10 N–H and O–H groups in total. The predicted molar refractivity (Wildman–Crippen MR) is 136 cm³/mol. The smallest absolute Gasteiger partial charge is 0.239 e. The molecule has 0 bridgehead atoms. The number of ether oxygens (including phenoxy) is 4. The maximum atomic E-state index is 13.7. The Labute approximate surface area is 235 Å². The zero-order valence-electron chi connectivity index (χ0n) is 21.5. The van der Waals surface area contributed by atoms with E-state index in [0.717, 1.165) is 24.3 Å². The summed E-state index contributed by atoms with van der Waals surface area (Å²) in [6, 6.07) is 5.21. The summed E-state index contributed by atoms with van der Waals surface area (Å²) in [4.78, 5) is 13.7. The van der Waals surface area contributed by atoms with Gasteiger partial charge in [-0.05, 0) is 18.2 Å². The number of aromatic hydroxyl groups is 4. The van der Waals surface area contributed by atoms with E-state index < -0.39 is 114 Å². The zero-order chi connectivity index (χ0) is 30.5. The molecule has 2 aliphatic heterocycles. The van der Waals surface area contributed by atoms with E-state index in [1.807, 2.05) is 0 Å². The average molecular weight is 596 g/mol. The second-order valence-corrected chi connectivity index (χ2v) is 9.94. The van der Waals surface area contributed by atoms with Crippen molar-refractivity contribution in [3.8, 4) is 40.1 Å². The van der Waals surface area contributed by atoms with Crippen molar-refractivity contribution in [3.63, 3.8) is 0 Å². The van der Waals surface area contributed by atoms with Gasteiger partial charge in [-0.25, -0.2) is 0 Å². The summed E-state index contributed by atoms with van der Waals surface area (Å²) < 4.78 is 28.0. The third kappa shape index (κ3) is 5.08. The zero-order valence-corrected chi connectivity index (χ0v) is 21.5. The molecule has 0 spiro atoms. The van der Waals surface area contributed by atoms with Gasteiger partial charge in [-0.2, -0.15) is 0 Å². The molecule has 8 atom stereocenters. The van der Waals surface area contributed by atoms with Gasteiger partial charge >= 0.3 is 0 Å². The first-order valence-corrected chi connectivity index (χ1v) is 12.5. The van der Waals surface area contributed by atoms with Crippen LogP contribution in [0.4, 0.5) is 0 Å². The molecular weight excluding hydrogens is 568 g/mol. The van der Waals surface area contributed by atoms with Gasteiger partial charge in [0, 0.05) is 17.7 Å². The molecule has 2 aliphatic rings. The van der Waals surface area contributed by atoms with Crippen LogP contribution in [0.25, 0.3) is 22.3 Å². The number of aliphatic hydroxyl groups excluding tert-OH is 5. The Hall–Kier alpha value is -3.71. The summed E-state index contributed by atoms with van der Waals surface area (Å²) in [5.41, 5.74) is -3.51. The first kappa shape index (κ1) is 29.8. The van der Waals surface area contributed by atoms with E-state index in [2.05, 4.69) is 0 Å². The van der Waals surface area contributed by atoms with Crippen LogP contribution in [0, 0.1) is 0 Å². The molecule has 2 fully saturated rings. The maximum Gasteiger partial charge on any atom is 0.239 e. The van der Waals surface area contributed by atoms with Crippen molar-refractivity contribution >= 4 is 11.0 Å². The lowest BCUT2D eigenvalue weighted by atomic mass is 9.98. The summed E-state index contributed by atoms with van der Waals surface area (Å²) in [6.07, 6.45) is -12.3. The third-order valence-corrected chi connectivity index (χ3v) is 7.08. The summed E-state index contributed by atoms with van der Waals surface area (Å²) in [7, 11) is 0. The van der Waals surface area contributed by atoms with Crippen LogP contribution in [0.3, 0.4) is 0 Å². The fourth-order valence-corrected chi connectivity index (χ4v) is 4.71. The van der Waals surface area contributed by atoms with Crippen LogP contribution >= 0.6 is 0 Å². The average Bonchev–Trinajstić information content (AvgIpc) is 3.23. The highest BCUT2D eigenvalue weighted by molar-refractivity contribution is 5.88. The Morgan fingerprint density at radius 3 is 2.31 bits per heavy atom. The molecule has 2 saturated heterocycles. The lowest BCUT2D eigenvalue weighted by Crippen LogP contribution is -2.62. The molecule has 16 nitrogen and oxygen atoms in total. The highest BCUT2D eigenvalue weighted by Crippen LogP contribution is 2.40.